The molecular formula is C17H23Cl2F2N3O3. The number of carbonyl (C=O) groups is 1. The molecule has 0 aliphatic carbocycles. The van der Waals surface area contributed by atoms with Crippen molar-refractivity contribution >= 4 is 30.7 Å². The van der Waals surface area contributed by atoms with Crippen LogP contribution in [0.3, 0.4) is 0 Å². The molecular weight excluding hydrogens is 403 g/mol. The number of methoxy groups -OCH3 is 1. The van der Waals surface area contributed by atoms with Crippen LogP contribution in [-0.2, 0) is 16.0 Å². The van der Waals surface area contributed by atoms with Crippen LogP contribution < -0.4 is 10.6 Å². The molecule has 2 aromatic rings. The van der Waals surface area contributed by atoms with Crippen LogP contribution in [0.5, 0.6) is 0 Å². The number of nitrogens with one attached hydrogen (secondary N) is 2. The molecule has 0 saturated heterocycles. The molecule has 0 atom stereocenters. The molecule has 0 aliphatic rings. The van der Waals surface area contributed by atoms with Crippen molar-refractivity contribution in [3.05, 3.63) is 41.9 Å². The number of ether oxygens (including phenoxy) is 1. The maximum absolute atomic E-state index is 13.7. The number of hydrogen-bond donors (Lipinski definition) is 2. The lowest BCUT2D eigenvalue weighted by atomic mass is 10.2. The van der Waals surface area contributed by atoms with Gasteiger partial charge in [-0.15, -0.1) is 24.8 Å². The molecule has 27 heavy (non-hydrogen) atoms. The van der Waals surface area contributed by atoms with E-state index >= 15 is 0 Å². The maximum atomic E-state index is 13.7. The fourth-order valence-corrected chi connectivity index (χ4v) is 2.14. The van der Waals surface area contributed by atoms with E-state index in [1.165, 1.54) is 12.3 Å². The minimum absolute atomic E-state index is 0. The smallest absolute Gasteiger partial charge is 0.220 e. The zero-order valence-corrected chi connectivity index (χ0v) is 16.4. The summed E-state index contributed by atoms with van der Waals surface area (Å²) in [5.74, 6) is -0.973. The predicted molar refractivity (Wildman–Crippen MR) is 102 cm³/mol. The number of rotatable bonds is 10. The van der Waals surface area contributed by atoms with Gasteiger partial charge in [0, 0.05) is 45.7 Å². The van der Waals surface area contributed by atoms with Crippen molar-refractivity contribution in [3.8, 4) is 11.3 Å². The van der Waals surface area contributed by atoms with Crippen LogP contribution >= 0.6 is 24.8 Å². The van der Waals surface area contributed by atoms with E-state index in [9.17, 15) is 13.6 Å². The lowest BCUT2D eigenvalue weighted by Gasteiger charge is -2.05. The zero-order chi connectivity index (χ0) is 18.1. The summed E-state index contributed by atoms with van der Waals surface area (Å²) < 4.78 is 37.0. The first-order valence-electron chi connectivity index (χ1n) is 7.96. The third kappa shape index (κ3) is 8.66. The van der Waals surface area contributed by atoms with Crippen molar-refractivity contribution in [2.45, 2.75) is 12.8 Å². The van der Waals surface area contributed by atoms with E-state index in [2.05, 4.69) is 15.6 Å². The van der Waals surface area contributed by atoms with Crippen LogP contribution in [0.2, 0.25) is 0 Å². The monoisotopic (exact) mass is 425 g/mol. The van der Waals surface area contributed by atoms with Gasteiger partial charge < -0.3 is 19.8 Å². The van der Waals surface area contributed by atoms with Gasteiger partial charge in [0.05, 0.1) is 18.4 Å². The Morgan fingerprint density at radius 3 is 2.70 bits per heavy atom. The third-order valence-electron chi connectivity index (χ3n) is 3.42. The Morgan fingerprint density at radius 1 is 1.22 bits per heavy atom. The number of amides is 1. The van der Waals surface area contributed by atoms with Gasteiger partial charge in [-0.25, -0.2) is 13.8 Å². The van der Waals surface area contributed by atoms with Gasteiger partial charge in [0.1, 0.15) is 11.6 Å². The zero-order valence-electron chi connectivity index (χ0n) is 14.8. The van der Waals surface area contributed by atoms with E-state index < -0.39 is 11.6 Å². The summed E-state index contributed by atoms with van der Waals surface area (Å²) in [6.45, 7) is 2.52. The maximum Gasteiger partial charge on any atom is 0.220 e. The lowest BCUT2D eigenvalue weighted by molar-refractivity contribution is -0.121. The largest absolute Gasteiger partial charge is 0.441 e. The molecule has 0 radical (unpaired) electrons. The third-order valence-corrected chi connectivity index (χ3v) is 3.42. The Balaban J connectivity index is 0.00000338. The average molecular weight is 426 g/mol. The second-order valence-corrected chi connectivity index (χ2v) is 5.34. The Hall–Kier alpha value is -1.74. The Bertz CT molecular complexity index is 702. The van der Waals surface area contributed by atoms with E-state index in [1.54, 1.807) is 7.11 Å². The van der Waals surface area contributed by atoms with Crippen LogP contribution in [0.25, 0.3) is 11.3 Å². The van der Waals surface area contributed by atoms with Crippen LogP contribution in [0.15, 0.2) is 28.8 Å². The van der Waals surface area contributed by atoms with Crippen LogP contribution in [-0.4, -0.2) is 44.2 Å². The van der Waals surface area contributed by atoms with Gasteiger partial charge in [-0.1, -0.05) is 0 Å². The van der Waals surface area contributed by atoms with Gasteiger partial charge >= 0.3 is 0 Å². The number of aromatic nitrogens is 1. The van der Waals surface area contributed by atoms with Gasteiger partial charge in [-0.2, -0.15) is 0 Å². The summed E-state index contributed by atoms with van der Waals surface area (Å²) in [5, 5.41) is 5.88. The van der Waals surface area contributed by atoms with Crippen LogP contribution in [0.4, 0.5) is 8.78 Å². The van der Waals surface area contributed by atoms with Crippen molar-refractivity contribution in [1.29, 1.82) is 0 Å². The normalized spacial score (nSPS) is 10.0. The molecule has 0 unspecified atom stereocenters. The topological polar surface area (TPSA) is 76.4 Å². The van der Waals surface area contributed by atoms with Gasteiger partial charge in [-0.05, 0) is 12.1 Å². The number of hydrogen-bond acceptors (Lipinski definition) is 5. The Kier molecular flexibility index (Phi) is 12.6. The molecule has 2 N–H and O–H groups in total. The van der Waals surface area contributed by atoms with Crippen LogP contribution in [0.1, 0.15) is 12.3 Å². The molecule has 0 fully saturated rings. The highest BCUT2D eigenvalue weighted by molar-refractivity contribution is 5.85. The number of carbonyl (C=O) groups excluding carboxylic acids is 1. The fraction of sp³-hybridized carbons (Fsp3) is 0.412. The number of benzene rings is 1. The summed E-state index contributed by atoms with van der Waals surface area (Å²) in [7, 11) is 1.63. The highest BCUT2D eigenvalue weighted by Crippen LogP contribution is 2.24. The van der Waals surface area contributed by atoms with Crippen molar-refractivity contribution in [2.75, 3.05) is 33.4 Å². The quantitative estimate of drug-likeness (QED) is 0.572. The first kappa shape index (κ1) is 25.3. The number of halogens is 4. The molecule has 10 heteroatoms. The fourth-order valence-electron chi connectivity index (χ4n) is 2.14. The minimum atomic E-state index is -0.721. The highest BCUT2D eigenvalue weighted by Gasteiger charge is 2.12. The van der Waals surface area contributed by atoms with Gasteiger partial charge in [0.25, 0.3) is 0 Å². The van der Waals surface area contributed by atoms with E-state index in [0.717, 1.165) is 18.7 Å². The van der Waals surface area contributed by atoms with E-state index in [0.29, 0.717) is 32.0 Å². The molecule has 0 saturated carbocycles. The predicted octanol–water partition coefficient (Wildman–Crippen LogP) is 2.75. The number of aryl methyl sites for hydroxylation is 1. The highest BCUT2D eigenvalue weighted by atomic mass is 35.5. The summed E-state index contributed by atoms with van der Waals surface area (Å²) in [6, 6.07) is 3.22. The van der Waals surface area contributed by atoms with Gasteiger partial charge in [0.2, 0.25) is 5.91 Å². The molecule has 1 heterocycles. The van der Waals surface area contributed by atoms with E-state index in [-0.39, 0.29) is 48.5 Å². The molecule has 0 spiro atoms. The molecule has 1 amide bonds. The summed E-state index contributed by atoms with van der Waals surface area (Å²) >= 11 is 0. The minimum Gasteiger partial charge on any atom is -0.441 e. The Labute approximate surface area is 168 Å². The summed E-state index contributed by atoms with van der Waals surface area (Å²) in [5.41, 5.74) is 0.131. The molecule has 0 aliphatic heterocycles. The molecule has 6 nitrogen and oxygen atoms in total. The van der Waals surface area contributed by atoms with Gasteiger partial charge in [0.15, 0.2) is 11.7 Å². The van der Waals surface area contributed by atoms with E-state index in [1.807, 2.05) is 0 Å². The Morgan fingerprint density at radius 2 is 2.00 bits per heavy atom. The number of nitrogens with zero attached hydrogens (tertiary/aromatic N) is 1. The molecule has 1 aromatic carbocycles. The van der Waals surface area contributed by atoms with Crippen molar-refractivity contribution in [1.82, 2.24) is 15.6 Å². The molecule has 2 rings (SSSR count). The molecule has 152 valence electrons. The standard InChI is InChI=1S/C17H21F2N3O3.2ClH/c1-24-9-8-20-6-7-21-16(23)4-5-17-22-11-15(25-17)13-3-2-12(18)10-14(13)19;;/h2-3,10-11,20H,4-9H2,1H3,(H,21,23);2*1H. The molecule has 0 bridgehead atoms. The molecule has 1 aromatic heterocycles. The van der Waals surface area contributed by atoms with Gasteiger partial charge in [-0.3, -0.25) is 4.79 Å². The van der Waals surface area contributed by atoms with E-state index in [4.69, 9.17) is 9.15 Å². The first-order chi connectivity index (χ1) is 12.1. The second-order valence-electron chi connectivity index (χ2n) is 5.34. The average Bonchev–Trinajstić information content (AvgIpc) is 3.05. The van der Waals surface area contributed by atoms with Crippen molar-refractivity contribution in [3.63, 3.8) is 0 Å². The lowest BCUT2D eigenvalue weighted by Crippen LogP contribution is -2.33. The number of oxazole rings is 1. The van der Waals surface area contributed by atoms with Crippen molar-refractivity contribution < 1.29 is 22.7 Å². The summed E-state index contributed by atoms with van der Waals surface area (Å²) in [6.07, 6.45) is 1.87. The first-order valence-corrected chi connectivity index (χ1v) is 7.96. The second kappa shape index (κ2) is 13.4. The van der Waals surface area contributed by atoms with Crippen LogP contribution in [0, 0.1) is 11.6 Å². The summed E-state index contributed by atoms with van der Waals surface area (Å²) in [4.78, 5) is 15.8. The SMILES string of the molecule is COCCNCCNC(=O)CCc1ncc(-c2ccc(F)cc2F)o1.Cl.Cl. The van der Waals surface area contributed by atoms with Crippen molar-refractivity contribution in [2.24, 2.45) is 0 Å².